The zero-order valence-corrected chi connectivity index (χ0v) is 20.9. The normalized spacial score (nSPS) is 17.1. The van der Waals surface area contributed by atoms with Crippen LogP contribution in [-0.4, -0.2) is 35.7 Å². The van der Waals surface area contributed by atoms with Gasteiger partial charge in [0.1, 0.15) is 17.4 Å². The van der Waals surface area contributed by atoms with Gasteiger partial charge in [-0.1, -0.05) is 35.3 Å². The summed E-state index contributed by atoms with van der Waals surface area (Å²) in [4.78, 5) is 24.5. The zero-order chi connectivity index (χ0) is 24.5. The minimum atomic E-state index is -0.323. The number of rotatable bonds is 9. The predicted molar refractivity (Wildman–Crippen MR) is 140 cm³/mol. The number of hydrogen-bond acceptors (Lipinski definition) is 6. The molecule has 0 bridgehead atoms. The Bertz CT molecular complexity index is 1080. The van der Waals surface area contributed by atoms with Crippen LogP contribution in [0.3, 0.4) is 0 Å². The lowest BCUT2D eigenvalue weighted by Crippen LogP contribution is -2.38. The Kier molecular flexibility index (Phi) is 9.36. The number of anilines is 1. The highest BCUT2D eigenvalue weighted by Crippen LogP contribution is 2.24. The average Bonchev–Trinajstić information content (AvgIpc) is 3.32. The number of nitrogens with one attached hydrogen (secondary N) is 2. The van der Waals surface area contributed by atoms with Gasteiger partial charge in [-0.2, -0.15) is 0 Å². The maximum atomic E-state index is 13.1. The Balaban J connectivity index is 1.67. The molecule has 0 spiro atoms. The number of carbonyl (C=O) groups is 1. The van der Waals surface area contributed by atoms with Crippen molar-refractivity contribution in [2.75, 3.05) is 18.0 Å². The van der Waals surface area contributed by atoms with Crippen LogP contribution in [-0.2, 0) is 11.3 Å². The van der Waals surface area contributed by atoms with Crippen LogP contribution in [0.2, 0.25) is 10.0 Å². The highest BCUT2D eigenvalue weighted by Gasteiger charge is 2.26. The van der Waals surface area contributed by atoms with Gasteiger partial charge in [0.05, 0.1) is 22.6 Å². The Morgan fingerprint density at radius 3 is 2.79 bits per heavy atom. The van der Waals surface area contributed by atoms with E-state index in [0.29, 0.717) is 40.2 Å². The van der Waals surface area contributed by atoms with E-state index in [-0.39, 0.29) is 11.9 Å². The molecule has 1 amide bonds. The minimum Gasteiger partial charge on any atom is -0.404 e. The number of aliphatic imine (C=N–C) groups is 1. The summed E-state index contributed by atoms with van der Waals surface area (Å²) < 4.78 is 0. The van der Waals surface area contributed by atoms with Crippen LogP contribution in [0, 0.1) is 0 Å². The minimum absolute atomic E-state index is 0.178. The molecule has 3 rings (SSSR count). The zero-order valence-electron chi connectivity index (χ0n) is 19.4. The molecular formula is C25H30Cl2N6O. The van der Waals surface area contributed by atoms with Gasteiger partial charge in [0, 0.05) is 19.3 Å². The number of amides is 1. The first-order valence-corrected chi connectivity index (χ1v) is 11.9. The summed E-state index contributed by atoms with van der Waals surface area (Å²) in [5, 5.41) is 7.08. The molecule has 4 N–H and O–H groups in total. The molecule has 7 nitrogen and oxygen atoms in total. The monoisotopic (exact) mass is 500 g/mol. The average molecular weight is 501 g/mol. The summed E-state index contributed by atoms with van der Waals surface area (Å²) in [5.74, 6) is 1.17. The molecule has 1 saturated heterocycles. The van der Waals surface area contributed by atoms with Gasteiger partial charge in [0.2, 0.25) is 0 Å². The standard InChI is InChI=1S/C25H30Cl2N6O/c1-3-22(30-15-18-9-10-20(26)21(27)13-18)32-25(34)24(17(2)14-28)31-16-19-7-6-12-33(19)23-8-4-5-11-29-23/h3-5,8-11,13-14,19,30H,6-7,12,15-16,28H2,1-2H3,(H,32,34). The summed E-state index contributed by atoms with van der Waals surface area (Å²) in [6.45, 7) is 5.49. The molecule has 1 aromatic heterocycles. The van der Waals surface area contributed by atoms with E-state index in [9.17, 15) is 4.79 Å². The molecule has 2 aromatic rings. The lowest BCUT2D eigenvalue weighted by molar-refractivity contribution is -0.114. The molecule has 1 unspecified atom stereocenters. The first-order valence-electron chi connectivity index (χ1n) is 11.2. The predicted octanol–water partition coefficient (Wildman–Crippen LogP) is 4.43. The highest BCUT2D eigenvalue weighted by molar-refractivity contribution is 6.45. The second kappa shape index (κ2) is 12.4. The Labute approximate surface area is 210 Å². The lowest BCUT2D eigenvalue weighted by Gasteiger charge is -2.24. The molecule has 180 valence electrons. The van der Waals surface area contributed by atoms with Crippen LogP contribution in [0.15, 0.2) is 71.3 Å². The summed E-state index contributed by atoms with van der Waals surface area (Å²) in [5.41, 5.74) is 7.60. The molecule has 1 fully saturated rings. The van der Waals surface area contributed by atoms with Crippen molar-refractivity contribution in [1.82, 2.24) is 15.6 Å². The third-order valence-corrected chi connectivity index (χ3v) is 6.36. The van der Waals surface area contributed by atoms with Crippen LogP contribution in [0.1, 0.15) is 32.3 Å². The van der Waals surface area contributed by atoms with Gasteiger partial charge >= 0.3 is 0 Å². The summed E-state index contributed by atoms with van der Waals surface area (Å²) >= 11 is 12.1. The van der Waals surface area contributed by atoms with Gasteiger partial charge in [-0.15, -0.1) is 0 Å². The third kappa shape index (κ3) is 6.74. The summed E-state index contributed by atoms with van der Waals surface area (Å²) in [6, 6.07) is 11.5. The van der Waals surface area contributed by atoms with Crippen LogP contribution in [0.25, 0.3) is 0 Å². The van der Waals surface area contributed by atoms with Crippen molar-refractivity contribution in [1.29, 1.82) is 0 Å². The van der Waals surface area contributed by atoms with Crippen molar-refractivity contribution in [3.8, 4) is 0 Å². The van der Waals surface area contributed by atoms with Gasteiger partial charge in [0.25, 0.3) is 5.91 Å². The number of allylic oxidation sites excluding steroid dienone is 1. The van der Waals surface area contributed by atoms with E-state index in [4.69, 9.17) is 28.9 Å². The van der Waals surface area contributed by atoms with E-state index in [1.54, 1.807) is 31.3 Å². The van der Waals surface area contributed by atoms with Crippen molar-refractivity contribution in [3.05, 3.63) is 81.9 Å². The van der Waals surface area contributed by atoms with Crippen molar-refractivity contribution < 1.29 is 4.79 Å². The number of nitrogens with two attached hydrogens (primary N) is 1. The van der Waals surface area contributed by atoms with E-state index in [1.807, 2.05) is 31.2 Å². The number of nitrogens with zero attached hydrogens (tertiary/aromatic N) is 3. The smallest absolute Gasteiger partial charge is 0.275 e. The maximum Gasteiger partial charge on any atom is 0.275 e. The molecule has 1 aliphatic heterocycles. The van der Waals surface area contributed by atoms with Gasteiger partial charge < -0.3 is 21.3 Å². The maximum absolute atomic E-state index is 13.1. The Morgan fingerprint density at radius 2 is 2.12 bits per heavy atom. The molecular weight excluding hydrogens is 471 g/mol. The molecule has 2 heterocycles. The first-order chi connectivity index (χ1) is 16.4. The summed E-state index contributed by atoms with van der Waals surface area (Å²) in [7, 11) is 0. The van der Waals surface area contributed by atoms with Crippen LogP contribution in [0.4, 0.5) is 5.82 Å². The number of carbonyl (C=O) groups excluding carboxylic acids is 1. The quantitative estimate of drug-likeness (QED) is 0.442. The van der Waals surface area contributed by atoms with Gasteiger partial charge in [0.15, 0.2) is 0 Å². The number of aromatic nitrogens is 1. The summed E-state index contributed by atoms with van der Waals surface area (Å²) in [6.07, 6.45) is 7.03. The van der Waals surface area contributed by atoms with E-state index >= 15 is 0 Å². The van der Waals surface area contributed by atoms with Gasteiger partial charge in [-0.25, -0.2) is 4.98 Å². The fourth-order valence-electron chi connectivity index (χ4n) is 3.75. The van der Waals surface area contributed by atoms with E-state index < -0.39 is 0 Å². The van der Waals surface area contributed by atoms with Gasteiger partial charge in [-0.05, 0) is 74.4 Å². The number of pyridine rings is 1. The van der Waals surface area contributed by atoms with Crippen LogP contribution >= 0.6 is 23.2 Å². The number of hydrogen-bond donors (Lipinski definition) is 3. The number of benzene rings is 1. The van der Waals surface area contributed by atoms with Crippen LogP contribution < -0.4 is 21.3 Å². The molecule has 0 saturated carbocycles. The number of halogens is 2. The molecule has 9 heteroatoms. The lowest BCUT2D eigenvalue weighted by atomic mass is 10.1. The van der Waals surface area contributed by atoms with E-state index in [0.717, 1.165) is 30.8 Å². The molecule has 1 aromatic carbocycles. The van der Waals surface area contributed by atoms with Crippen molar-refractivity contribution in [2.24, 2.45) is 10.7 Å². The fraction of sp³-hybridized carbons (Fsp3) is 0.320. The topological polar surface area (TPSA) is 95.6 Å². The second-order valence-corrected chi connectivity index (χ2v) is 8.79. The first kappa shape index (κ1) is 25.6. The van der Waals surface area contributed by atoms with Crippen molar-refractivity contribution in [2.45, 2.75) is 39.3 Å². The molecule has 0 aliphatic carbocycles. The van der Waals surface area contributed by atoms with Crippen molar-refractivity contribution in [3.63, 3.8) is 0 Å². The van der Waals surface area contributed by atoms with Crippen LogP contribution in [0.5, 0.6) is 0 Å². The molecule has 1 aliphatic rings. The fourth-order valence-corrected chi connectivity index (χ4v) is 4.07. The second-order valence-electron chi connectivity index (χ2n) is 7.97. The van der Waals surface area contributed by atoms with E-state index in [2.05, 4.69) is 25.5 Å². The van der Waals surface area contributed by atoms with Gasteiger partial charge in [-0.3, -0.25) is 9.79 Å². The van der Waals surface area contributed by atoms with Crippen molar-refractivity contribution >= 4 is 40.6 Å². The molecule has 1 atom stereocenters. The SMILES string of the molecule is CC=C(NCc1ccc(Cl)c(Cl)c1)NC(=O)C(=NCC1CCCN1c1ccccn1)C(C)=CN. The molecule has 0 radical (unpaired) electrons. The third-order valence-electron chi connectivity index (χ3n) is 5.62. The molecule has 34 heavy (non-hydrogen) atoms. The Hall–Kier alpha value is -3.03. The highest BCUT2D eigenvalue weighted by atomic mass is 35.5. The largest absolute Gasteiger partial charge is 0.404 e. The van der Waals surface area contributed by atoms with E-state index in [1.165, 1.54) is 6.20 Å². The Morgan fingerprint density at radius 1 is 1.29 bits per heavy atom.